The lowest BCUT2D eigenvalue weighted by atomic mass is 9.93. The van der Waals surface area contributed by atoms with Crippen molar-refractivity contribution >= 4 is 22.7 Å². The van der Waals surface area contributed by atoms with Crippen LogP contribution in [0, 0.1) is 6.92 Å². The number of benzene rings is 1. The van der Waals surface area contributed by atoms with Crippen molar-refractivity contribution in [1.82, 2.24) is 19.4 Å². The van der Waals surface area contributed by atoms with Gasteiger partial charge in [-0.25, -0.2) is 0 Å². The number of hydrogen-bond acceptors (Lipinski definition) is 2. The van der Waals surface area contributed by atoms with Crippen LogP contribution in [0.3, 0.4) is 0 Å². The molecular weight excluding hydrogens is 400 g/mol. The Bertz CT molecular complexity index is 1170. The van der Waals surface area contributed by atoms with Gasteiger partial charge in [-0.1, -0.05) is 31.4 Å². The third-order valence-corrected chi connectivity index (χ3v) is 7.19. The number of nitrogens with zero attached hydrogens (tertiary/aromatic N) is 3. The van der Waals surface area contributed by atoms with Crippen LogP contribution < -0.4 is 5.32 Å². The van der Waals surface area contributed by atoms with Crippen LogP contribution in [0.25, 0.3) is 16.6 Å². The summed E-state index contributed by atoms with van der Waals surface area (Å²) in [5.74, 6) is -0.104. The van der Waals surface area contributed by atoms with E-state index in [1.165, 1.54) is 0 Å². The first kappa shape index (κ1) is 20.9. The van der Waals surface area contributed by atoms with Crippen LogP contribution in [-0.4, -0.2) is 44.0 Å². The van der Waals surface area contributed by atoms with Crippen LogP contribution in [0.2, 0.25) is 0 Å². The molecular formula is C26H32N4O2. The fourth-order valence-electron chi connectivity index (χ4n) is 5.50. The minimum absolute atomic E-state index is 0.0340. The van der Waals surface area contributed by atoms with Crippen LogP contribution in [0.15, 0.2) is 42.7 Å². The topological polar surface area (TPSA) is 59.3 Å². The largest absolute Gasteiger partial charge is 0.351 e. The number of fused-ring (bicyclic) bond motifs is 3. The van der Waals surface area contributed by atoms with Gasteiger partial charge >= 0.3 is 0 Å². The fraction of sp³-hybridized carbons (Fsp3) is 0.462. The van der Waals surface area contributed by atoms with E-state index in [0.717, 1.165) is 54.3 Å². The Hall–Kier alpha value is -3.02. The first-order valence-corrected chi connectivity index (χ1v) is 11.8. The predicted molar refractivity (Wildman–Crippen MR) is 126 cm³/mol. The molecule has 1 atom stereocenters. The van der Waals surface area contributed by atoms with Gasteiger partial charge in [0.05, 0.1) is 17.7 Å². The first-order chi connectivity index (χ1) is 15.4. The van der Waals surface area contributed by atoms with E-state index in [1.54, 1.807) is 0 Å². The Labute approximate surface area is 189 Å². The van der Waals surface area contributed by atoms with E-state index in [1.807, 2.05) is 40.9 Å². The third kappa shape index (κ3) is 3.15. The molecule has 0 radical (unpaired) electrons. The number of carbonyl (C=O) groups is 2. The minimum atomic E-state index is -0.923. The van der Waals surface area contributed by atoms with Crippen LogP contribution in [-0.2, 0) is 11.3 Å². The summed E-state index contributed by atoms with van der Waals surface area (Å²) in [7, 11) is 0. The van der Waals surface area contributed by atoms with Gasteiger partial charge in [0, 0.05) is 30.4 Å². The number of hydrogen-bond donors (Lipinski definition) is 1. The van der Waals surface area contributed by atoms with E-state index in [-0.39, 0.29) is 17.9 Å². The zero-order valence-electron chi connectivity index (χ0n) is 19.2. The third-order valence-electron chi connectivity index (χ3n) is 7.19. The number of aromatic nitrogens is 2. The Balaban J connectivity index is 1.68. The number of nitrogens with one attached hydrogen (secondary N) is 1. The monoisotopic (exact) mass is 432 g/mol. The fourth-order valence-corrected chi connectivity index (χ4v) is 5.50. The Morgan fingerprint density at radius 2 is 1.91 bits per heavy atom. The summed E-state index contributed by atoms with van der Waals surface area (Å²) in [6.45, 7) is 7.07. The molecule has 3 aromatic rings. The Morgan fingerprint density at radius 1 is 1.19 bits per heavy atom. The highest BCUT2D eigenvalue weighted by Crippen LogP contribution is 2.38. The van der Waals surface area contributed by atoms with Crippen LogP contribution in [0.5, 0.6) is 0 Å². The first-order valence-electron chi connectivity index (χ1n) is 11.8. The Morgan fingerprint density at radius 3 is 2.59 bits per heavy atom. The molecule has 168 valence electrons. The molecule has 1 N–H and O–H groups in total. The summed E-state index contributed by atoms with van der Waals surface area (Å²) in [4.78, 5) is 29.5. The molecule has 0 saturated heterocycles. The van der Waals surface area contributed by atoms with E-state index >= 15 is 0 Å². The van der Waals surface area contributed by atoms with Gasteiger partial charge in [0.2, 0.25) is 5.91 Å². The lowest BCUT2D eigenvalue weighted by molar-refractivity contribution is -0.133. The van der Waals surface area contributed by atoms with Crippen molar-refractivity contribution in [2.24, 2.45) is 0 Å². The van der Waals surface area contributed by atoms with Gasteiger partial charge in [-0.05, 0) is 57.4 Å². The smallest absolute Gasteiger partial charge is 0.273 e. The standard InChI is InChI=1S/C26H32N4O2/c1-4-13-30-24(31)23-22(28-14-7-8-15-28)20-16-18(2)11-12-21(20)29(23)17-26(30,3)25(32)27-19-9-5-6-10-19/h7-8,11-12,14-16,19H,4-6,9-10,13,17H2,1-3H3,(H,27,32). The summed E-state index contributed by atoms with van der Waals surface area (Å²) >= 11 is 0. The molecule has 2 aromatic heterocycles. The molecule has 1 fully saturated rings. The molecule has 6 heteroatoms. The maximum atomic E-state index is 14.0. The second-order valence-corrected chi connectivity index (χ2v) is 9.58. The summed E-state index contributed by atoms with van der Waals surface area (Å²) in [6, 6.07) is 10.5. The predicted octanol–water partition coefficient (Wildman–Crippen LogP) is 4.42. The van der Waals surface area contributed by atoms with Gasteiger partial charge in [0.15, 0.2) is 0 Å². The molecule has 1 aliphatic heterocycles. The highest BCUT2D eigenvalue weighted by molar-refractivity contribution is 6.09. The summed E-state index contributed by atoms with van der Waals surface area (Å²) in [5.41, 5.74) is 2.79. The van der Waals surface area contributed by atoms with Gasteiger partial charge in [-0.3, -0.25) is 9.59 Å². The van der Waals surface area contributed by atoms with E-state index in [2.05, 4.69) is 41.9 Å². The molecule has 1 aromatic carbocycles. The van der Waals surface area contributed by atoms with Crippen LogP contribution in [0.1, 0.15) is 62.0 Å². The number of aryl methyl sites for hydroxylation is 1. The minimum Gasteiger partial charge on any atom is -0.351 e. The zero-order chi connectivity index (χ0) is 22.5. The molecule has 1 saturated carbocycles. The number of amides is 2. The molecule has 0 bridgehead atoms. The highest BCUT2D eigenvalue weighted by Gasteiger charge is 2.49. The zero-order valence-corrected chi connectivity index (χ0v) is 19.2. The quantitative estimate of drug-likeness (QED) is 0.649. The van der Waals surface area contributed by atoms with Crippen molar-refractivity contribution in [3.05, 3.63) is 54.0 Å². The number of rotatable bonds is 5. The van der Waals surface area contributed by atoms with Gasteiger partial charge in [0.25, 0.3) is 5.91 Å². The van der Waals surface area contributed by atoms with Crippen molar-refractivity contribution in [2.45, 2.75) is 71.0 Å². The lowest BCUT2D eigenvalue weighted by Gasteiger charge is -2.44. The summed E-state index contributed by atoms with van der Waals surface area (Å²) in [6.07, 6.45) is 9.13. The summed E-state index contributed by atoms with van der Waals surface area (Å²) in [5, 5.41) is 4.31. The molecule has 6 nitrogen and oxygen atoms in total. The van der Waals surface area contributed by atoms with E-state index < -0.39 is 5.54 Å². The van der Waals surface area contributed by atoms with Crippen LogP contribution in [0.4, 0.5) is 0 Å². The number of carbonyl (C=O) groups excluding carboxylic acids is 2. The second kappa shape index (κ2) is 7.84. The average molecular weight is 433 g/mol. The molecule has 1 aliphatic carbocycles. The van der Waals surface area contributed by atoms with E-state index in [9.17, 15) is 9.59 Å². The molecule has 2 amide bonds. The van der Waals surface area contributed by atoms with Gasteiger partial charge in [0.1, 0.15) is 11.2 Å². The van der Waals surface area contributed by atoms with Crippen molar-refractivity contribution in [1.29, 1.82) is 0 Å². The Kier molecular flexibility index (Phi) is 5.11. The van der Waals surface area contributed by atoms with Gasteiger partial charge < -0.3 is 19.4 Å². The van der Waals surface area contributed by atoms with Crippen molar-refractivity contribution in [3.8, 4) is 5.69 Å². The molecule has 1 unspecified atom stereocenters. The van der Waals surface area contributed by atoms with E-state index in [4.69, 9.17) is 0 Å². The van der Waals surface area contributed by atoms with Gasteiger partial charge in [-0.15, -0.1) is 0 Å². The summed E-state index contributed by atoms with van der Waals surface area (Å²) < 4.78 is 4.10. The molecule has 32 heavy (non-hydrogen) atoms. The van der Waals surface area contributed by atoms with Crippen LogP contribution >= 0.6 is 0 Å². The lowest BCUT2D eigenvalue weighted by Crippen LogP contribution is -2.65. The molecule has 3 heterocycles. The van der Waals surface area contributed by atoms with Crippen molar-refractivity contribution < 1.29 is 9.59 Å². The van der Waals surface area contributed by atoms with Gasteiger partial charge in [-0.2, -0.15) is 0 Å². The maximum absolute atomic E-state index is 14.0. The average Bonchev–Trinajstić information content (AvgIpc) is 3.51. The maximum Gasteiger partial charge on any atom is 0.273 e. The molecule has 0 spiro atoms. The SMILES string of the molecule is CCCN1C(=O)c2c(-n3cccc3)c3cc(C)ccc3n2CC1(C)C(=O)NC1CCCC1. The highest BCUT2D eigenvalue weighted by atomic mass is 16.2. The van der Waals surface area contributed by atoms with E-state index in [0.29, 0.717) is 18.8 Å². The van der Waals surface area contributed by atoms with Crippen molar-refractivity contribution in [2.75, 3.05) is 6.54 Å². The molecule has 5 rings (SSSR count). The molecule has 2 aliphatic rings. The van der Waals surface area contributed by atoms with Crippen molar-refractivity contribution in [3.63, 3.8) is 0 Å². The second-order valence-electron chi connectivity index (χ2n) is 9.58. The normalized spacial score (nSPS) is 21.3.